The van der Waals surface area contributed by atoms with Gasteiger partial charge in [-0.05, 0) is 38.1 Å². The largest absolute Gasteiger partial charge is 0.256 e. The second-order valence-corrected chi connectivity index (χ2v) is 3.59. The van der Waals surface area contributed by atoms with Crippen molar-refractivity contribution in [3.05, 3.63) is 53.7 Å². The summed E-state index contributed by atoms with van der Waals surface area (Å²) < 4.78 is 0. The van der Waals surface area contributed by atoms with Crippen LogP contribution in [-0.4, -0.2) is 4.98 Å². The fourth-order valence-electron chi connectivity index (χ4n) is 1.66. The molecule has 70 valence electrons. The third-order valence-electron chi connectivity index (χ3n) is 2.18. The Balaban J connectivity index is 2.52. The van der Waals surface area contributed by atoms with Crippen molar-refractivity contribution in [1.29, 1.82) is 0 Å². The number of pyridine rings is 1. The van der Waals surface area contributed by atoms with Gasteiger partial charge in [0.2, 0.25) is 0 Å². The maximum atomic E-state index is 4.33. The molecule has 0 radical (unpaired) electrons. The summed E-state index contributed by atoms with van der Waals surface area (Å²) in [7, 11) is 0. The van der Waals surface area contributed by atoms with Crippen molar-refractivity contribution in [2.45, 2.75) is 13.8 Å². The van der Waals surface area contributed by atoms with E-state index in [9.17, 15) is 0 Å². The lowest BCUT2D eigenvalue weighted by atomic mass is 10.0. The molecule has 0 aliphatic rings. The molecule has 14 heavy (non-hydrogen) atoms. The van der Waals surface area contributed by atoms with Gasteiger partial charge in [-0.1, -0.05) is 23.3 Å². The smallest absolute Gasteiger partial charge is 0.0702 e. The zero-order valence-corrected chi connectivity index (χ0v) is 8.49. The van der Waals surface area contributed by atoms with Crippen LogP contribution in [0.5, 0.6) is 0 Å². The maximum absolute atomic E-state index is 4.33. The molecule has 0 atom stereocenters. The molecule has 0 aliphatic heterocycles. The van der Waals surface area contributed by atoms with E-state index in [2.05, 4.69) is 37.0 Å². The molecule has 1 heterocycles. The fourth-order valence-corrected chi connectivity index (χ4v) is 1.66. The molecule has 0 saturated heterocycles. The molecule has 0 bridgehead atoms. The van der Waals surface area contributed by atoms with Crippen molar-refractivity contribution in [3.63, 3.8) is 0 Å². The van der Waals surface area contributed by atoms with E-state index in [1.165, 1.54) is 16.7 Å². The summed E-state index contributed by atoms with van der Waals surface area (Å²) in [5.41, 5.74) is 4.80. The molecule has 1 heteroatoms. The van der Waals surface area contributed by atoms with Crippen LogP contribution in [0.4, 0.5) is 0 Å². The van der Waals surface area contributed by atoms with E-state index in [0.717, 1.165) is 5.69 Å². The number of hydrogen-bond acceptors (Lipinski definition) is 1. The van der Waals surface area contributed by atoms with Crippen LogP contribution in [0.3, 0.4) is 0 Å². The van der Waals surface area contributed by atoms with Gasteiger partial charge in [0.25, 0.3) is 0 Å². The van der Waals surface area contributed by atoms with Gasteiger partial charge >= 0.3 is 0 Å². The monoisotopic (exact) mass is 183 g/mol. The van der Waals surface area contributed by atoms with Crippen molar-refractivity contribution in [2.24, 2.45) is 0 Å². The number of hydrogen-bond donors (Lipinski definition) is 0. The predicted molar refractivity (Wildman–Crippen MR) is 59.1 cm³/mol. The van der Waals surface area contributed by atoms with Crippen molar-refractivity contribution in [2.75, 3.05) is 0 Å². The quantitative estimate of drug-likeness (QED) is 0.660. The highest BCUT2D eigenvalue weighted by molar-refractivity contribution is 5.60. The Kier molecular flexibility index (Phi) is 2.32. The number of nitrogens with zero attached hydrogens (tertiary/aromatic N) is 1. The summed E-state index contributed by atoms with van der Waals surface area (Å²) in [4.78, 5) is 4.33. The van der Waals surface area contributed by atoms with Crippen LogP contribution in [0, 0.1) is 13.8 Å². The first-order valence-electron chi connectivity index (χ1n) is 4.75. The molecule has 2 aromatic rings. The van der Waals surface area contributed by atoms with E-state index in [0.29, 0.717) is 0 Å². The third kappa shape index (κ3) is 1.82. The van der Waals surface area contributed by atoms with Crippen molar-refractivity contribution in [3.8, 4) is 11.3 Å². The normalized spacial score (nSPS) is 10.1. The van der Waals surface area contributed by atoms with E-state index in [-0.39, 0.29) is 0 Å². The number of aryl methyl sites for hydroxylation is 2. The first kappa shape index (κ1) is 8.95. The lowest BCUT2D eigenvalue weighted by Gasteiger charge is -2.03. The van der Waals surface area contributed by atoms with E-state index < -0.39 is 0 Å². The van der Waals surface area contributed by atoms with Crippen LogP contribution in [-0.2, 0) is 0 Å². The van der Waals surface area contributed by atoms with Gasteiger partial charge in [-0.15, -0.1) is 0 Å². The van der Waals surface area contributed by atoms with E-state index in [1.807, 2.05) is 24.4 Å². The molecular weight excluding hydrogens is 170 g/mol. The van der Waals surface area contributed by atoms with Crippen LogP contribution >= 0.6 is 0 Å². The van der Waals surface area contributed by atoms with Crippen molar-refractivity contribution in [1.82, 2.24) is 4.98 Å². The minimum absolute atomic E-state index is 1.04. The highest BCUT2D eigenvalue weighted by Gasteiger charge is 1.99. The zero-order valence-electron chi connectivity index (χ0n) is 8.49. The predicted octanol–water partition coefficient (Wildman–Crippen LogP) is 3.37. The minimum atomic E-state index is 1.04. The Hall–Kier alpha value is -1.63. The van der Waals surface area contributed by atoms with Gasteiger partial charge in [0, 0.05) is 11.8 Å². The van der Waals surface area contributed by atoms with Crippen molar-refractivity contribution < 1.29 is 0 Å². The van der Waals surface area contributed by atoms with E-state index in [1.54, 1.807) is 0 Å². The molecule has 1 aromatic heterocycles. The number of aromatic nitrogens is 1. The Morgan fingerprint density at radius 2 is 1.64 bits per heavy atom. The van der Waals surface area contributed by atoms with E-state index >= 15 is 0 Å². The summed E-state index contributed by atoms with van der Waals surface area (Å²) in [5, 5.41) is 0. The van der Waals surface area contributed by atoms with Crippen LogP contribution in [0.2, 0.25) is 0 Å². The molecule has 2 rings (SSSR count). The van der Waals surface area contributed by atoms with Crippen LogP contribution in [0.25, 0.3) is 11.3 Å². The van der Waals surface area contributed by atoms with Gasteiger partial charge in [0.05, 0.1) is 5.69 Å². The molecule has 1 nitrogen and oxygen atoms in total. The lowest BCUT2D eigenvalue weighted by molar-refractivity contribution is 1.30. The molecule has 0 fully saturated rings. The highest BCUT2D eigenvalue weighted by Crippen LogP contribution is 2.19. The molecular formula is C13H13N. The molecule has 0 amide bonds. The Morgan fingerprint density at radius 3 is 2.21 bits per heavy atom. The third-order valence-corrected chi connectivity index (χ3v) is 2.18. The fraction of sp³-hybridized carbons (Fsp3) is 0.154. The van der Waals surface area contributed by atoms with Gasteiger partial charge in [-0.3, -0.25) is 4.98 Å². The van der Waals surface area contributed by atoms with Gasteiger partial charge in [-0.25, -0.2) is 0 Å². The van der Waals surface area contributed by atoms with Gasteiger partial charge < -0.3 is 0 Å². The number of benzene rings is 1. The topological polar surface area (TPSA) is 12.9 Å². The van der Waals surface area contributed by atoms with Gasteiger partial charge in [0.15, 0.2) is 0 Å². The van der Waals surface area contributed by atoms with Gasteiger partial charge in [-0.2, -0.15) is 0 Å². The average molecular weight is 183 g/mol. The molecule has 0 spiro atoms. The first-order valence-corrected chi connectivity index (χ1v) is 4.75. The maximum Gasteiger partial charge on any atom is 0.0702 e. The number of rotatable bonds is 1. The lowest BCUT2D eigenvalue weighted by Crippen LogP contribution is -1.84. The molecule has 0 aliphatic carbocycles. The zero-order chi connectivity index (χ0) is 9.97. The molecule has 1 aromatic carbocycles. The molecule has 0 N–H and O–H groups in total. The Bertz CT molecular complexity index is 412. The average Bonchev–Trinajstić information content (AvgIpc) is 2.18. The summed E-state index contributed by atoms with van der Waals surface area (Å²) >= 11 is 0. The van der Waals surface area contributed by atoms with Crippen LogP contribution in [0.1, 0.15) is 11.1 Å². The minimum Gasteiger partial charge on any atom is -0.256 e. The van der Waals surface area contributed by atoms with Crippen molar-refractivity contribution >= 4 is 0 Å². The van der Waals surface area contributed by atoms with Crippen LogP contribution < -0.4 is 0 Å². The van der Waals surface area contributed by atoms with Gasteiger partial charge in [0.1, 0.15) is 0 Å². The summed E-state index contributed by atoms with van der Waals surface area (Å²) in [6, 6.07) is 12.5. The SMILES string of the molecule is Cc1cc(C)cc(-c2ccccn2)c1. The van der Waals surface area contributed by atoms with E-state index in [4.69, 9.17) is 0 Å². The summed E-state index contributed by atoms with van der Waals surface area (Å²) in [6.45, 7) is 4.22. The Labute approximate surface area is 84.4 Å². The molecule has 0 saturated carbocycles. The Morgan fingerprint density at radius 1 is 0.929 bits per heavy atom. The second kappa shape index (κ2) is 3.62. The summed E-state index contributed by atoms with van der Waals surface area (Å²) in [6.07, 6.45) is 1.83. The highest BCUT2D eigenvalue weighted by atomic mass is 14.7. The second-order valence-electron chi connectivity index (χ2n) is 3.59. The van der Waals surface area contributed by atoms with Crippen LogP contribution in [0.15, 0.2) is 42.6 Å². The first-order chi connectivity index (χ1) is 6.75. The standard InChI is InChI=1S/C13H13N/c1-10-7-11(2)9-12(8-10)13-5-3-4-6-14-13/h3-9H,1-2H3. The summed E-state index contributed by atoms with van der Waals surface area (Å²) in [5.74, 6) is 0. The molecule has 0 unspecified atom stereocenters.